The van der Waals surface area contributed by atoms with E-state index in [0.29, 0.717) is 0 Å². The standard InChI is InChI=1S/C10H6F5N3/c11-3-1-4(12)9-7(8(3)13)5(18-16)2-6(17-9)10(14)15/h1-2,10H,16H2,(H,17,18). The van der Waals surface area contributed by atoms with Crippen LogP contribution in [0.3, 0.4) is 0 Å². The molecule has 0 aliphatic heterocycles. The lowest BCUT2D eigenvalue weighted by atomic mass is 10.1. The second kappa shape index (κ2) is 4.37. The van der Waals surface area contributed by atoms with E-state index in [-0.39, 0.29) is 11.8 Å². The van der Waals surface area contributed by atoms with Crippen molar-refractivity contribution in [2.45, 2.75) is 6.43 Å². The molecule has 0 radical (unpaired) electrons. The fraction of sp³-hybridized carbons (Fsp3) is 0.100. The lowest BCUT2D eigenvalue weighted by Gasteiger charge is -2.10. The largest absolute Gasteiger partial charge is 0.323 e. The number of hydrogen-bond donors (Lipinski definition) is 2. The van der Waals surface area contributed by atoms with Crippen molar-refractivity contribution in [1.29, 1.82) is 0 Å². The second-order valence-electron chi connectivity index (χ2n) is 3.42. The zero-order chi connectivity index (χ0) is 13.4. The minimum atomic E-state index is -2.99. The monoisotopic (exact) mass is 263 g/mol. The number of halogens is 5. The lowest BCUT2D eigenvalue weighted by Crippen LogP contribution is -2.10. The molecule has 18 heavy (non-hydrogen) atoms. The molecule has 3 nitrogen and oxygen atoms in total. The molecular weight excluding hydrogens is 257 g/mol. The van der Waals surface area contributed by atoms with Gasteiger partial charge in [-0.05, 0) is 6.07 Å². The van der Waals surface area contributed by atoms with E-state index in [9.17, 15) is 22.0 Å². The predicted octanol–water partition coefficient (Wildman–Crippen LogP) is 2.88. The molecule has 1 aromatic carbocycles. The molecule has 0 atom stereocenters. The fourth-order valence-electron chi connectivity index (χ4n) is 1.55. The number of anilines is 1. The van der Waals surface area contributed by atoms with Crippen LogP contribution in [0.15, 0.2) is 12.1 Å². The molecule has 0 aliphatic rings. The number of rotatable bonds is 2. The number of nitrogens with one attached hydrogen (secondary N) is 1. The van der Waals surface area contributed by atoms with E-state index in [2.05, 4.69) is 4.98 Å². The highest BCUT2D eigenvalue weighted by atomic mass is 19.3. The van der Waals surface area contributed by atoms with Crippen LogP contribution < -0.4 is 11.3 Å². The van der Waals surface area contributed by atoms with Crippen molar-refractivity contribution in [3.8, 4) is 0 Å². The maximum Gasteiger partial charge on any atom is 0.280 e. The van der Waals surface area contributed by atoms with Crippen molar-refractivity contribution in [3.63, 3.8) is 0 Å². The van der Waals surface area contributed by atoms with Crippen LogP contribution in [0, 0.1) is 17.5 Å². The van der Waals surface area contributed by atoms with Gasteiger partial charge in [0.1, 0.15) is 11.2 Å². The molecule has 0 spiro atoms. The number of benzene rings is 1. The predicted molar refractivity (Wildman–Crippen MR) is 54.4 cm³/mol. The minimum absolute atomic E-state index is 0.236. The zero-order valence-corrected chi connectivity index (χ0v) is 8.65. The van der Waals surface area contributed by atoms with Crippen molar-refractivity contribution in [2.24, 2.45) is 5.84 Å². The molecule has 2 rings (SSSR count). The molecule has 1 heterocycles. The van der Waals surface area contributed by atoms with Crippen LogP contribution in [0.25, 0.3) is 10.9 Å². The highest BCUT2D eigenvalue weighted by molar-refractivity contribution is 5.92. The van der Waals surface area contributed by atoms with Gasteiger partial charge in [-0.25, -0.2) is 26.9 Å². The minimum Gasteiger partial charge on any atom is -0.323 e. The summed E-state index contributed by atoms with van der Waals surface area (Å²) in [5.74, 6) is 0.907. The summed E-state index contributed by atoms with van der Waals surface area (Å²) in [5, 5.41) is -0.612. The van der Waals surface area contributed by atoms with Gasteiger partial charge in [-0.15, -0.1) is 0 Å². The van der Waals surface area contributed by atoms with E-state index in [1.807, 2.05) is 5.43 Å². The first-order valence-electron chi connectivity index (χ1n) is 4.68. The van der Waals surface area contributed by atoms with Gasteiger partial charge in [-0.3, -0.25) is 5.84 Å². The number of alkyl halides is 2. The van der Waals surface area contributed by atoms with Crippen LogP contribution in [-0.2, 0) is 0 Å². The van der Waals surface area contributed by atoms with Crippen LogP contribution in [0.1, 0.15) is 12.1 Å². The van der Waals surface area contributed by atoms with Gasteiger partial charge >= 0.3 is 0 Å². The van der Waals surface area contributed by atoms with Crippen molar-refractivity contribution >= 4 is 16.6 Å². The summed E-state index contributed by atoms with van der Waals surface area (Å²) in [6.45, 7) is 0. The van der Waals surface area contributed by atoms with Crippen molar-refractivity contribution < 1.29 is 22.0 Å². The van der Waals surface area contributed by atoms with Crippen LogP contribution in [0.2, 0.25) is 0 Å². The third kappa shape index (κ3) is 1.84. The summed E-state index contributed by atoms with van der Waals surface area (Å²) in [4.78, 5) is 3.26. The van der Waals surface area contributed by atoms with Crippen molar-refractivity contribution in [2.75, 3.05) is 5.43 Å². The maximum atomic E-state index is 13.5. The summed E-state index contributed by atoms with van der Waals surface area (Å²) in [6.07, 6.45) is -2.99. The number of nitrogens with two attached hydrogens (primary N) is 1. The molecule has 2 aromatic rings. The fourth-order valence-corrected chi connectivity index (χ4v) is 1.55. The Morgan fingerprint density at radius 2 is 1.78 bits per heavy atom. The van der Waals surface area contributed by atoms with E-state index >= 15 is 0 Å². The second-order valence-corrected chi connectivity index (χ2v) is 3.42. The molecule has 0 amide bonds. The number of nitrogens with zero attached hydrogens (tertiary/aromatic N) is 1. The number of fused-ring (bicyclic) bond motifs is 1. The first kappa shape index (κ1) is 12.5. The van der Waals surface area contributed by atoms with Gasteiger partial charge in [0.25, 0.3) is 6.43 Å². The average molecular weight is 263 g/mol. The third-order valence-electron chi connectivity index (χ3n) is 2.33. The van der Waals surface area contributed by atoms with Gasteiger partial charge in [0.15, 0.2) is 17.5 Å². The summed E-state index contributed by atoms with van der Waals surface area (Å²) in [7, 11) is 0. The Kier molecular flexibility index (Phi) is 3.04. The molecule has 0 fully saturated rings. The highest BCUT2D eigenvalue weighted by Gasteiger charge is 2.20. The van der Waals surface area contributed by atoms with Crippen molar-refractivity contribution in [3.05, 3.63) is 35.3 Å². The number of pyridine rings is 1. The summed E-state index contributed by atoms with van der Waals surface area (Å²) in [6, 6.07) is 0.967. The molecule has 0 saturated heterocycles. The third-order valence-corrected chi connectivity index (χ3v) is 2.33. The molecule has 8 heteroatoms. The number of hydrazine groups is 1. The zero-order valence-electron chi connectivity index (χ0n) is 8.65. The van der Waals surface area contributed by atoms with E-state index in [1.54, 1.807) is 0 Å². The lowest BCUT2D eigenvalue weighted by molar-refractivity contribution is 0.146. The van der Waals surface area contributed by atoms with E-state index < -0.39 is 40.5 Å². The number of nitrogen functional groups attached to an aromatic ring is 1. The SMILES string of the molecule is NNc1cc(C(F)F)nc2c(F)cc(F)c(F)c12. The van der Waals surface area contributed by atoms with Gasteiger partial charge < -0.3 is 5.43 Å². The smallest absolute Gasteiger partial charge is 0.280 e. The van der Waals surface area contributed by atoms with Crippen LogP contribution in [-0.4, -0.2) is 4.98 Å². The topological polar surface area (TPSA) is 50.9 Å². The summed E-state index contributed by atoms with van der Waals surface area (Å²) < 4.78 is 64.9. The van der Waals surface area contributed by atoms with Crippen LogP contribution >= 0.6 is 0 Å². The molecular formula is C10H6F5N3. The van der Waals surface area contributed by atoms with E-state index in [1.165, 1.54) is 0 Å². The Morgan fingerprint density at radius 1 is 1.11 bits per heavy atom. The van der Waals surface area contributed by atoms with Crippen molar-refractivity contribution in [1.82, 2.24) is 4.98 Å². The summed E-state index contributed by atoms with van der Waals surface area (Å²) in [5.41, 5.74) is 0.0446. The molecule has 0 aliphatic carbocycles. The quantitative estimate of drug-likeness (QED) is 0.379. The van der Waals surface area contributed by atoms with Gasteiger partial charge in [-0.2, -0.15) is 0 Å². The summed E-state index contributed by atoms with van der Waals surface area (Å²) >= 11 is 0. The van der Waals surface area contributed by atoms with Crippen LogP contribution in [0.5, 0.6) is 0 Å². The first-order chi connectivity index (χ1) is 8.45. The van der Waals surface area contributed by atoms with Crippen LogP contribution in [0.4, 0.5) is 27.6 Å². The average Bonchev–Trinajstić information content (AvgIpc) is 2.34. The Balaban J connectivity index is 2.91. The Bertz CT molecular complexity index is 614. The molecule has 1 aromatic heterocycles. The van der Waals surface area contributed by atoms with Gasteiger partial charge in [0.2, 0.25) is 0 Å². The normalized spacial score (nSPS) is 11.3. The van der Waals surface area contributed by atoms with Gasteiger partial charge in [0.05, 0.1) is 11.1 Å². The van der Waals surface area contributed by atoms with E-state index in [0.717, 1.165) is 6.07 Å². The molecule has 0 saturated carbocycles. The Morgan fingerprint density at radius 3 is 2.33 bits per heavy atom. The molecule has 96 valence electrons. The highest BCUT2D eigenvalue weighted by Crippen LogP contribution is 2.31. The molecule has 0 unspecified atom stereocenters. The number of aromatic nitrogens is 1. The Labute approximate surface area is 97.4 Å². The molecule has 0 bridgehead atoms. The molecule has 3 N–H and O–H groups in total. The van der Waals surface area contributed by atoms with Gasteiger partial charge in [0, 0.05) is 6.07 Å². The van der Waals surface area contributed by atoms with E-state index in [4.69, 9.17) is 5.84 Å². The number of hydrogen-bond acceptors (Lipinski definition) is 3. The Hall–Kier alpha value is -1.96. The first-order valence-corrected chi connectivity index (χ1v) is 4.68. The van der Waals surface area contributed by atoms with Gasteiger partial charge in [-0.1, -0.05) is 0 Å². The maximum absolute atomic E-state index is 13.5.